The van der Waals surface area contributed by atoms with Crippen LogP contribution in [-0.4, -0.2) is 21.8 Å². The molecule has 2 amide bonds. The topological polar surface area (TPSA) is 110 Å². The maximum absolute atomic E-state index is 12.4. The number of hydrogen-bond acceptors (Lipinski definition) is 5. The maximum Gasteiger partial charge on any atom is 0.274 e. The van der Waals surface area contributed by atoms with Gasteiger partial charge in [-0.05, 0) is 29.8 Å². The van der Waals surface area contributed by atoms with Crippen molar-refractivity contribution in [2.75, 3.05) is 11.1 Å². The molecule has 0 aliphatic carbocycles. The zero-order chi connectivity index (χ0) is 17.8. The number of hydrogen-bond donors (Lipinski definition) is 3. The standard InChI is InChI=1S/C18H17N5O2/c1-11(24)21-13-6-4-5-12(9-13)10-20-18(25)16-17(19)23-15-8-3-2-7-14(15)22-16/h2-9H,10H2,1H3,(H2,19,23)(H,20,25)(H,21,24). The van der Waals surface area contributed by atoms with Gasteiger partial charge in [-0.15, -0.1) is 0 Å². The van der Waals surface area contributed by atoms with Crippen molar-refractivity contribution >= 4 is 34.4 Å². The first-order valence-electron chi connectivity index (χ1n) is 7.70. The van der Waals surface area contributed by atoms with Crippen molar-refractivity contribution in [3.05, 3.63) is 59.8 Å². The molecular weight excluding hydrogens is 318 g/mol. The van der Waals surface area contributed by atoms with E-state index in [1.807, 2.05) is 18.2 Å². The summed E-state index contributed by atoms with van der Waals surface area (Å²) >= 11 is 0. The SMILES string of the molecule is CC(=O)Nc1cccc(CNC(=O)c2nc3ccccc3nc2N)c1. The molecule has 1 heterocycles. The second kappa shape index (κ2) is 6.96. The normalized spacial score (nSPS) is 10.4. The third-order valence-electron chi connectivity index (χ3n) is 3.51. The van der Waals surface area contributed by atoms with Gasteiger partial charge in [-0.2, -0.15) is 0 Å². The predicted octanol–water partition coefficient (Wildman–Crippen LogP) is 2.10. The number of nitrogens with two attached hydrogens (primary N) is 1. The molecule has 3 rings (SSSR count). The number of fused-ring (bicyclic) bond motifs is 1. The summed E-state index contributed by atoms with van der Waals surface area (Å²) in [4.78, 5) is 32.0. The van der Waals surface area contributed by atoms with Gasteiger partial charge in [0.15, 0.2) is 11.5 Å². The fraction of sp³-hybridized carbons (Fsp3) is 0.111. The van der Waals surface area contributed by atoms with Crippen LogP contribution in [0.25, 0.3) is 11.0 Å². The van der Waals surface area contributed by atoms with Crippen LogP contribution in [0.4, 0.5) is 11.5 Å². The van der Waals surface area contributed by atoms with E-state index in [1.54, 1.807) is 30.3 Å². The van der Waals surface area contributed by atoms with E-state index in [2.05, 4.69) is 20.6 Å². The van der Waals surface area contributed by atoms with E-state index in [1.165, 1.54) is 6.92 Å². The predicted molar refractivity (Wildman–Crippen MR) is 95.9 cm³/mol. The highest BCUT2D eigenvalue weighted by atomic mass is 16.2. The number of amides is 2. The van der Waals surface area contributed by atoms with Gasteiger partial charge in [-0.25, -0.2) is 9.97 Å². The van der Waals surface area contributed by atoms with E-state index >= 15 is 0 Å². The molecule has 3 aromatic rings. The average Bonchev–Trinajstić information content (AvgIpc) is 2.59. The Morgan fingerprint density at radius 3 is 2.48 bits per heavy atom. The Hall–Kier alpha value is -3.48. The fourth-order valence-corrected chi connectivity index (χ4v) is 2.41. The first kappa shape index (κ1) is 16.4. The molecule has 25 heavy (non-hydrogen) atoms. The van der Waals surface area contributed by atoms with E-state index in [0.29, 0.717) is 16.7 Å². The van der Waals surface area contributed by atoms with Crippen molar-refractivity contribution < 1.29 is 9.59 Å². The monoisotopic (exact) mass is 335 g/mol. The quantitative estimate of drug-likeness (QED) is 0.676. The Morgan fingerprint density at radius 1 is 1.04 bits per heavy atom. The minimum absolute atomic E-state index is 0.0863. The van der Waals surface area contributed by atoms with Crippen molar-refractivity contribution in [1.29, 1.82) is 0 Å². The van der Waals surface area contributed by atoms with Gasteiger partial charge in [0.1, 0.15) is 0 Å². The second-order valence-corrected chi connectivity index (χ2v) is 5.51. The lowest BCUT2D eigenvalue weighted by molar-refractivity contribution is -0.114. The molecule has 0 unspecified atom stereocenters. The summed E-state index contributed by atoms with van der Waals surface area (Å²) in [6, 6.07) is 14.4. The number of nitrogen functional groups attached to an aromatic ring is 1. The van der Waals surface area contributed by atoms with Crippen molar-refractivity contribution in [2.45, 2.75) is 13.5 Å². The van der Waals surface area contributed by atoms with Crippen molar-refractivity contribution in [2.24, 2.45) is 0 Å². The lowest BCUT2D eigenvalue weighted by Crippen LogP contribution is -2.25. The molecule has 7 heteroatoms. The van der Waals surface area contributed by atoms with Gasteiger partial charge in [0, 0.05) is 19.2 Å². The first-order valence-corrected chi connectivity index (χ1v) is 7.70. The molecule has 0 saturated heterocycles. The summed E-state index contributed by atoms with van der Waals surface area (Å²) in [7, 11) is 0. The summed E-state index contributed by atoms with van der Waals surface area (Å²) in [6.07, 6.45) is 0. The number of carbonyl (C=O) groups is 2. The summed E-state index contributed by atoms with van der Waals surface area (Å²) in [5.41, 5.74) is 8.70. The number of anilines is 2. The van der Waals surface area contributed by atoms with Crippen LogP contribution in [0.5, 0.6) is 0 Å². The summed E-state index contributed by atoms with van der Waals surface area (Å²) in [6.45, 7) is 1.72. The van der Waals surface area contributed by atoms with Gasteiger partial charge >= 0.3 is 0 Å². The number of nitrogens with one attached hydrogen (secondary N) is 2. The highest BCUT2D eigenvalue weighted by Crippen LogP contribution is 2.15. The minimum atomic E-state index is -0.402. The molecule has 0 aliphatic heterocycles. The molecule has 0 fully saturated rings. The van der Waals surface area contributed by atoms with E-state index in [9.17, 15) is 9.59 Å². The average molecular weight is 335 g/mol. The van der Waals surface area contributed by atoms with Gasteiger partial charge in [0.2, 0.25) is 5.91 Å². The fourth-order valence-electron chi connectivity index (χ4n) is 2.41. The lowest BCUT2D eigenvalue weighted by Gasteiger charge is -2.09. The van der Waals surface area contributed by atoms with Crippen LogP contribution in [0.2, 0.25) is 0 Å². The molecule has 0 aliphatic rings. The summed E-state index contributed by atoms with van der Waals surface area (Å²) in [5, 5.41) is 5.47. The van der Waals surface area contributed by atoms with Gasteiger partial charge in [-0.3, -0.25) is 9.59 Å². The van der Waals surface area contributed by atoms with Crippen molar-refractivity contribution in [3.63, 3.8) is 0 Å². The molecule has 126 valence electrons. The Kier molecular flexibility index (Phi) is 4.56. The third kappa shape index (κ3) is 3.89. The number of aromatic nitrogens is 2. The highest BCUT2D eigenvalue weighted by molar-refractivity contribution is 5.98. The van der Waals surface area contributed by atoms with E-state index in [4.69, 9.17) is 5.73 Å². The Labute approximate surface area is 144 Å². The number of benzene rings is 2. The Balaban J connectivity index is 1.74. The second-order valence-electron chi connectivity index (χ2n) is 5.51. The van der Waals surface area contributed by atoms with Crippen LogP contribution in [-0.2, 0) is 11.3 Å². The van der Waals surface area contributed by atoms with Gasteiger partial charge in [0.05, 0.1) is 11.0 Å². The summed E-state index contributed by atoms with van der Waals surface area (Å²) < 4.78 is 0. The van der Waals surface area contributed by atoms with Crippen molar-refractivity contribution in [1.82, 2.24) is 15.3 Å². The number of carbonyl (C=O) groups excluding carboxylic acids is 2. The number of nitrogens with zero attached hydrogens (tertiary/aromatic N) is 2. The molecule has 0 bridgehead atoms. The Bertz CT molecular complexity index is 955. The summed E-state index contributed by atoms with van der Waals surface area (Å²) in [5.74, 6) is -0.468. The van der Waals surface area contributed by atoms with Crippen LogP contribution in [0, 0.1) is 0 Å². The van der Waals surface area contributed by atoms with Gasteiger partial charge in [-0.1, -0.05) is 24.3 Å². The maximum atomic E-state index is 12.4. The van der Waals surface area contributed by atoms with E-state index in [-0.39, 0.29) is 24.0 Å². The molecule has 0 saturated carbocycles. The third-order valence-corrected chi connectivity index (χ3v) is 3.51. The minimum Gasteiger partial charge on any atom is -0.382 e. The molecule has 0 radical (unpaired) electrons. The van der Waals surface area contributed by atoms with Crippen LogP contribution in [0.3, 0.4) is 0 Å². The number of para-hydroxylation sites is 2. The van der Waals surface area contributed by atoms with Crippen LogP contribution < -0.4 is 16.4 Å². The molecule has 0 spiro atoms. The largest absolute Gasteiger partial charge is 0.382 e. The molecule has 1 aromatic heterocycles. The molecule has 0 atom stereocenters. The smallest absolute Gasteiger partial charge is 0.274 e. The van der Waals surface area contributed by atoms with Gasteiger partial charge < -0.3 is 16.4 Å². The molecular formula is C18H17N5O2. The van der Waals surface area contributed by atoms with Crippen LogP contribution >= 0.6 is 0 Å². The number of rotatable bonds is 4. The van der Waals surface area contributed by atoms with Crippen LogP contribution in [0.1, 0.15) is 23.0 Å². The van der Waals surface area contributed by atoms with E-state index in [0.717, 1.165) is 5.56 Å². The van der Waals surface area contributed by atoms with E-state index < -0.39 is 5.91 Å². The highest BCUT2D eigenvalue weighted by Gasteiger charge is 2.14. The van der Waals surface area contributed by atoms with Crippen LogP contribution in [0.15, 0.2) is 48.5 Å². The molecule has 4 N–H and O–H groups in total. The molecule has 2 aromatic carbocycles. The Morgan fingerprint density at radius 2 is 1.76 bits per heavy atom. The van der Waals surface area contributed by atoms with Crippen molar-refractivity contribution in [3.8, 4) is 0 Å². The zero-order valence-electron chi connectivity index (χ0n) is 13.6. The van der Waals surface area contributed by atoms with Gasteiger partial charge in [0.25, 0.3) is 5.91 Å². The lowest BCUT2D eigenvalue weighted by atomic mass is 10.2. The molecule has 7 nitrogen and oxygen atoms in total. The zero-order valence-corrected chi connectivity index (χ0v) is 13.6. The first-order chi connectivity index (χ1) is 12.0.